The van der Waals surface area contributed by atoms with Gasteiger partial charge >= 0.3 is 0 Å². The summed E-state index contributed by atoms with van der Waals surface area (Å²) in [6.07, 6.45) is 15.8. The molecule has 0 aliphatic heterocycles. The maximum absolute atomic E-state index is 10.1. The summed E-state index contributed by atoms with van der Waals surface area (Å²) in [5.74, 6) is 0.805. The molecule has 1 nitrogen and oxygen atoms in total. The van der Waals surface area contributed by atoms with Crippen molar-refractivity contribution >= 4 is 6.29 Å². The third kappa shape index (κ3) is 13.6. The first kappa shape index (κ1) is 18.4. The van der Waals surface area contributed by atoms with Crippen molar-refractivity contribution in [1.82, 2.24) is 0 Å². The van der Waals surface area contributed by atoms with Crippen molar-refractivity contribution < 1.29 is 4.79 Å². The summed E-state index contributed by atoms with van der Waals surface area (Å²) in [5, 5.41) is 0. The van der Waals surface area contributed by atoms with Crippen molar-refractivity contribution in [2.75, 3.05) is 0 Å². The zero-order valence-electron chi connectivity index (χ0n) is 13.3. The maximum atomic E-state index is 10.1. The summed E-state index contributed by atoms with van der Waals surface area (Å²) in [4.78, 5) is 10.1. The minimum absolute atomic E-state index is 0.748. The molecule has 1 unspecified atom stereocenters. The molecule has 0 bridgehead atoms. The lowest BCUT2D eigenvalue weighted by Crippen LogP contribution is -1.94. The van der Waals surface area contributed by atoms with Gasteiger partial charge in [-0.05, 0) is 31.6 Å². The molecule has 0 spiro atoms. The lowest BCUT2D eigenvalue weighted by Gasteiger charge is -2.10. The maximum Gasteiger partial charge on any atom is 0.119 e. The molecule has 0 N–H and O–H groups in total. The molecule has 0 radical (unpaired) electrons. The van der Waals surface area contributed by atoms with Crippen LogP contribution >= 0.6 is 0 Å². The van der Waals surface area contributed by atoms with Gasteiger partial charge in [0, 0.05) is 6.42 Å². The van der Waals surface area contributed by atoms with Gasteiger partial charge in [-0.3, -0.25) is 0 Å². The molecule has 0 aromatic heterocycles. The number of hydrogen-bond acceptors (Lipinski definition) is 1. The zero-order chi connectivity index (χ0) is 14.3. The molecular formula is C18H34O. The normalized spacial score (nSPS) is 12.3. The second kappa shape index (κ2) is 13.8. The van der Waals surface area contributed by atoms with E-state index in [2.05, 4.69) is 20.4 Å². The van der Waals surface area contributed by atoms with Gasteiger partial charge in [-0.25, -0.2) is 0 Å². The van der Waals surface area contributed by atoms with E-state index >= 15 is 0 Å². The van der Waals surface area contributed by atoms with Crippen LogP contribution in [0.5, 0.6) is 0 Å². The highest BCUT2D eigenvalue weighted by molar-refractivity contribution is 5.48. The average Bonchev–Trinajstić information content (AvgIpc) is 2.40. The molecule has 112 valence electrons. The molecule has 1 atom stereocenters. The van der Waals surface area contributed by atoms with Crippen LogP contribution < -0.4 is 0 Å². The first-order chi connectivity index (χ1) is 9.20. The SMILES string of the molecule is C=C(CCCCCCCCCCC=O)CC(C)CC. The van der Waals surface area contributed by atoms with E-state index in [0.717, 1.165) is 25.0 Å². The van der Waals surface area contributed by atoms with Crippen LogP contribution in [0.25, 0.3) is 0 Å². The highest BCUT2D eigenvalue weighted by atomic mass is 16.1. The largest absolute Gasteiger partial charge is 0.303 e. The van der Waals surface area contributed by atoms with Crippen LogP contribution in [0.15, 0.2) is 12.2 Å². The van der Waals surface area contributed by atoms with E-state index in [1.54, 1.807) is 0 Å². The molecule has 0 amide bonds. The summed E-state index contributed by atoms with van der Waals surface area (Å²) in [5.41, 5.74) is 1.45. The second-order valence-electron chi connectivity index (χ2n) is 6.00. The molecule has 0 heterocycles. The molecule has 0 rings (SSSR count). The molecule has 0 fully saturated rings. The summed E-state index contributed by atoms with van der Waals surface area (Å²) < 4.78 is 0. The van der Waals surface area contributed by atoms with E-state index in [9.17, 15) is 4.79 Å². The van der Waals surface area contributed by atoms with E-state index in [0.29, 0.717) is 0 Å². The summed E-state index contributed by atoms with van der Waals surface area (Å²) in [6.45, 7) is 8.76. The third-order valence-corrected chi connectivity index (χ3v) is 3.94. The predicted molar refractivity (Wildman–Crippen MR) is 85.4 cm³/mol. The van der Waals surface area contributed by atoms with Crippen LogP contribution in [0, 0.1) is 5.92 Å². The van der Waals surface area contributed by atoms with Gasteiger partial charge in [-0.2, -0.15) is 0 Å². The molecular weight excluding hydrogens is 232 g/mol. The minimum atomic E-state index is 0.748. The highest BCUT2D eigenvalue weighted by Crippen LogP contribution is 2.19. The molecule has 19 heavy (non-hydrogen) atoms. The van der Waals surface area contributed by atoms with Crippen molar-refractivity contribution in [3.05, 3.63) is 12.2 Å². The molecule has 0 aliphatic rings. The van der Waals surface area contributed by atoms with Gasteiger partial charge in [0.15, 0.2) is 0 Å². The van der Waals surface area contributed by atoms with Crippen molar-refractivity contribution in [1.29, 1.82) is 0 Å². The van der Waals surface area contributed by atoms with Gasteiger partial charge in [0.25, 0.3) is 0 Å². The van der Waals surface area contributed by atoms with E-state index in [1.165, 1.54) is 69.8 Å². The van der Waals surface area contributed by atoms with Crippen LogP contribution in [-0.4, -0.2) is 6.29 Å². The fraction of sp³-hybridized carbons (Fsp3) is 0.833. The Bertz CT molecular complexity index is 220. The van der Waals surface area contributed by atoms with Gasteiger partial charge in [-0.1, -0.05) is 70.9 Å². The molecule has 0 aromatic carbocycles. The number of carbonyl (C=O) groups is 1. The fourth-order valence-electron chi connectivity index (χ4n) is 2.40. The minimum Gasteiger partial charge on any atom is -0.303 e. The summed E-state index contributed by atoms with van der Waals surface area (Å²) in [7, 11) is 0. The number of allylic oxidation sites excluding steroid dienone is 1. The Morgan fingerprint density at radius 1 is 1.00 bits per heavy atom. The topological polar surface area (TPSA) is 17.1 Å². The van der Waals surface area contributed by atoms with Crippen molar-refractivity contribution in [2.45, 2.75) is 90.9 Å². The summed E-state index contributed by atoms with van der Waals surface area (Å²) in [6, 6.07) is 0. The van der Waals surface area contributed by atoms with E-state index in [1.807, 2.05) is 0 Å². The van der Waals surface area contributed by atoms with Gasteiger partial charge in [0.1, 0.15) is 6.29 Å². The second-order valence-corrected chi connectivity index (χ2v) is 6.00. The van der Waals surface area contributed by atoms with E-state index in [4.69, 9.17) is 0 Å². The Morgan fingerprint density at radius 2 is 1.53 bits per heavy atom. The number of aldehydes is 1. The van der Waals surface area contributed by atoms with Crippen molar-refractivity contribution in [3.63, 3.8) is 0 Å². The number of rotatable bonds is 14. The van der Waals surface area contributed by atoms with Crippen LogP contribution in [-0.2, 0) is 4.79 Å². The molecule has 0 saturated carbocycles. The Morgan fingerprint density at radius 3 is 2.05 bits per heavy atom. The summed E-state index contributed by atoms with van der Waals surface area (Å²) >= 11 is 0. The zero-order valence-corrected chi connectivity index (χ0v) is 13.3. The number of carbonyl (C=O) groups excluding carboxylic acids is 1. The first-order valence-electron chi connectivity index (χ1n) is 8.31. The van der Waals surface area contributed by atoms with Crippen LogP contribution in [0.4, 0.5) is 0 Å². The molecule has 0 aliphatic carbocycles. The monoisotopic (exact) mass is 266 g/mol. The highest BCUT2D eigenvalue weighted by Gasteiger charge is 2.01. The number of hydrogen-bond donors (Lipinski definition) is 0. The molecule has 1 heteroatoms. The van der Waals surface area contributed by atoms with Crippen molar-refractivity contribution in [3.8, 4) is 0 Å². The Labute approximate surface area is 120 Å². The Balaban J connectivity index is 3.18. The lowest BCUT2D eigenvalue weighted by atomic mass is 9.96. The standard InChI is InChI=1S/C18H34O/c1-4-17(2)16-18(3)14-12-10-8-6-5-7-9-11-13-15-19/h15,17H,3-14,16H2,1-2H3. The van der Waals surface area contributed by atoms with E-state index < -0.39 is 0 Å². The average molecular weight is 266 g/mol. The fourth-order valence-corrected chi connectivity index (χ4v) is 2.40. The molecule has 0 saturated heterocycles. The van der Waals surface area contributed by atoms with Gasteiger partial charge in [-0.15, -0.1) is 0 Å². The molecule has 0 aromatic rings. The number of unbranched alkanes of at least 4 members (excludes halogenated alkanes) is 8. The Kier molecular flexibility index (Phi) is 13.4. The first-order valence-corrected chi connectivity index (χ1v) is 8.31. The van der Waals surface area contributed by atoms with Crippen LogP contribution in [0.3, 0.4) is 0 Å². The lowest BCUT2D eigenvalue weighted by molar-refractivity contribution is -0.107. The predicted octanol–water partition coefficient (Wildman–Crippen LogP) is 6.08. The van der Waals surface area contributed by atoms with Gasteiger partial charge < -0.3 is 4.79 Å². The third-order valence-electron chi connectivity index (χ3n) is 3.94. The van der Waals surface area contributed by atoms with E-state index in [-0.39, 0.29) is 0 Å². The quantitative estimate of drug-likeness (QED) is 0.211. The van der Waals surface area contributed by atoms with Crippen LogP contribution in [0.1, 0.15) is 90.9 Å². The smallest absolute Gasteiger partial charge is 0.119 e. The van der Waals surface area contributed by atoms with Crippen LogP contribution in [0.2, 0.25) is 0 Å². The van der Waals surface area contributed by atoms with Crippen molar-refractivity contribution in [2.24, 2.45) is 5.92 Å². The Hall–Kier alpha value is -0.590. The van der Waals surface area contributed by atoms with Gasteiger partial charge in [0.05, 0.1) is 0 Å². The van der Waals surface area contributed by atoms with Gasteiger partial charge in [0.2, 0.25) is 0 Å².